The summed E-state index contributed by atoms with van der Waals surface area (Å²) in [5, 5.41) is 3.21. The molecule has 0 aliphatic carbocycles. The topological polar surface area (TPSA) is 58.6 Å². The number of carbonyl (C=O) groups is 2. The molecule has 0 aromatic heterocycles. The molecule has 0 radical (unpaired) electrons. The summed E-state index contributed by atoms with van der Waals surface area (Å²) in [6.45, 7) is 6.70. The number of Topliss-reactive ketones (excluding diaryl/α,β-unsaturated/α-hetero) is 1. The highest BCUT2D eigenvalue weighted by molar-refractivity contribution is 6.04. The SMILES string of the molecule is C=CCN1C(=O)C(C)Oc2ccc(C(=O)C3CCCN3)cc21. The molecule has 1 saturated heterocycles. The Bertz CT molecular complexity index is 620. The molecule has 0 saturated carbocycles. The van der Waals surface area contributed by atoms with E-state index in [0.717, 1.165) is 19.4 Å². The smallest absolute Gasteiger partial charge is 0.268 e. The number of ether oxygens (including phenoxy) is 1. The molecule has 0 spiro atoms. The lowest BCUT2D eigenvalue weighted by Gasteiger charge is -2.32. The average Bonchev–Trinajstić information content (AvgIpc) is 3.05. The van der Waals surface area contributed by atoms with Gasteiger partial charge in [0.05, 0.1) is 11.7 Å². The number of nitrogens with zero attached hydrogens (tertiary/aromatic N) is 1. The van der Waals surface area contributed by atoms with Gasteiger partial charge in [0.2, 0.25) is 0 Å². The number of hydrogen-bond acceptors (Lipinski definition) is 4. The fourth-order valence-electron chi connectivity index (χ4n) is 2.99. The number of carbonyl (C=O) groups excluding carboxylic acids is 2. The number of anilines is 1. The van der Waals surface area contributed by atoms with Crippen molar-refractivity contribution in [2.45, 2.75) is 31.9 Å². The van der Waals surface area contributed by atoms with Crippen LogP contribution in [0.5, 0.6) is 5.75 Å². The van der Waals surface area contributed by atoms with E-state index in [-0.39, 0.29) is 17.7 Å². The molecule has 1 aromatic rings. The number of nitrogens with one attached hydrogen (secondary N) is 1. The number of rotatable bonds is 4. The second kappa shape index (κ2) is 5.93. The van der Waals surface area contributed by atoms with Crippen molar-refractivity contribution in [3.05, 3.63) is 36.4 Å². The van der Waals surface area contributed by atoms with Crippen molar-refractivity contribution in [3.63, 3.8) is 0 Å². The molecular formula is C17H20N2O3. The molecule has 1 fully saturated rings. The number of benzene rings is 1. The largest absolute Gasteiger partial charge is 0.479 e. The average molecular weight is 300 g/mol. The van der Waals surface area contributed by atoms with E-state index in [1.54, 1.807) is 36.1 Å². The third-order valence-electron chi connectivity index (χ3n) is 4.14. The van der Waals surface area contributed by atoms with Gasteiger partial charge in [-0.15, -0.1) is 6.58 Å². The summed E-state index contributed by atoms with van der Waals surface area (Å²) < 4.78 is 5.63. The van der Waals surface area contributed by atoms with Crippen LogP contribution in [0.25, 0.3) is 0 Å². The number of hydrogen-bond donors (Lipinski definition) is 1. The van der Waals surface area contributed by atoms with Gasteiger partial charge in [0.15, 0.2) is 11.9 Å². The molecule has 2 heterocycles. The van der Waals surface area contributed by atoms with E-state index in [9.17, 15) is 9.59 Å². The Morgan fingerprint density at radius 3 is 3.05 bits per heavy atom. The summed E-state index contributed by atoms with van der Waals surface area (Å²) in [7, 11) is 0. The quantitative estimate of drug-likeness (QED) is 0.682. The van der Waals surface area contributed by atoms with Crippen molar-refractivity contribution >= 4 is 17.4 Å². The van der Waals surface area contributed by atoms with E-state index in [4.69, 9.17) is 4.74 Å². The van der Waals surface area contributed by atoms with Crippen LogP contribution in [-0.2, 0) is 4.79 Å². The van der Waals surface area contributed by atoms with E-state index in [1.807, 2.05) is 0 Å². The first-order valence-electron chi connectivity index (χ1n) is 7.62. The molecule has 116 valence electrons. The highest BCUT2D eigenvalue weighted by Crippen LogP contribution is 2.35. The van der Waals surface area contributed by atoms with Gasteiger partial charge in [0, 0.05) is 12.1 Å². The van der Waals surface area contributed by atoms with Gasteiger partial charge in [-0.2, -0.15) is 0 Å². The van der Waals surface area contributed by atoms with Gasteiger partial charge in [-0.25, -0.2) is 0 Å². The van der Waals surface area contributed by atoms with Gasteiger partial charge in [-0.05, 0) is 44.5 Å². The van der Waals surface area contributed by atoms with Crippen LogP contribution in [-0.4, -0.2) is 36.9 Å². The normalized spacial score (nSPS) is 23.9. The summed E-state index contributed by atoms with van der Waals surface area (Å²) in [6, 6.07) is 5.18. The van der Waals surface area contributed by atoms with Gasteiger partial charge in [0.25, 0.3) is 5.91 Å². The lowest BCUT2D eigenvalue weighted by atomic mass is 10.0. The Labute approximate surface area is 129 Å². The summed E-state index contributed by atoms with van der Waals surface area (Å²) in [4.78, 5) is 26.4. The number of amides is 1. The van der Waals surface area contributed by atoms with Crippen LogP contribution in [0.4, 0.5) is 5.69 Å². The Morgan fingerprint density at radius 1 is 1.55 bits per heavy atom. The van der Waals surface area contributed by atoms with Crippen molar-refractivity contribution in [2.24, 2.45) is 0 Å². The molecule has 22 heavy (non-hydrogen) atoms. The lowest BCUT2D eigenvalue weighted by Crippen LogP contribution is -2.44. The zero-order valence-electron chi connectivity index (χ0n) is 12.7. The maximum absolute atomic E-state index is 12.5. The van der Waals surface area contributed by atoms with Gasteiger partial charge in [-0.1, -0.05) is 6.08 Å². The molecule has 5 nitrogen and oxygen atoms in total. The minimum atomic E-state index is -0.523. The fraction of sp³-hybridized carbons (Fsp3) is 0.412. The summed E-state index contributed by atoms with van der Waals surface area (Å²) in [5.41, 5.74) is 1.25. The molecular weight excluding hydrogens is 280 g/mol. The van der Waals surface area contributed by atoms with Gasteiger partial charge < -0.3 is 15.0 Å². The van der Waals surface area contributed by atoms with Gasteiger partial charge in [0.1, 0.15) is 5.75 Å². The molecule has 1 amide bonds. The van der Waals surface area contributed by atoms with Crippen LogP contribution >= 0.6 is 0 Å². The zero-order chi connectivity index (χ0) is 15.7. The fourth-order valence-corrected chi connectivity index (χ4v) is 2.99. The van der Waals surface area contributed by atoms with Crippen molar-refractivity contribution in [1.29, 1.82) is 0 Å². The van der Waals surface area contributed by atoms with E-state index >= 15 is 0 Å². The van der Waals surface area contributed by atoms with Crippen LogP contribution in [0.1, 0.15) is 30.1 Å². The van der Waals surface area contributed by atoms with Crippen LogP contribution in [0.3, 0.4) is 0 Å². The Balaban J connectivity index is 1.95. The van der Waals surface area contributed by atoms with Crippen molar-refractivity contribution in [2.75, 3.05) is 18.0 Å². The maximum atomic E-state index is 12.5. The van der Waals surface area contributed by atoms with Crippen molar-refractivity contribution < 1.29 is 14.3 Å². The van der Waals surface area contributed by atoms with E-state index < -0.39 is 6.10 Å². The molecule has 1 aromatic carbocycles. The molecule has 0 bridgehead atoms. The van der Waals surface area contributed by atoms with E-state index in [1.165, 1.54) is 0 Å². The first-order chi connectivity index (χ1) is 10.6. The highest BCUT2D eigenvalue weighted by Gasteiger charge is 2.32. The van der Waals surface area contributed by atoms with Crippen LogP contribution in [0, 0.1) is 0 Å². The third kappa shape index (κ3) is 2.52. The van der Waals surface area contributed by atoms with Crippen molar-refractivity contribution in [3.8, 4) is 5.75 Å². The summed E-state index contributed by atoms with van der Waals surface area (Å²) in [5.74, 6) is 0.589. The minimum absolute atomic E-state index is 0.0740. The summed E-state index contributed by atoms with van der Waals surface area (Å²) in [6.07, 6.45) is 3.03. The zero-order valence-corrected chi connectivity index (χ0v) is 12.7. The number of ketones is 1. The molecule has 2 aliphatic rings. The maximum Gasteiger partial charge on any atom is 0.268 e. The van der Waals surface area contributed by atoms with E-state index in [2.05, 4.69) is 11.9 Å². The molecule has 2 unspecified atom stereocenters. The predicted molar refractivity (Wildman–Crippen MR) is 84.4 cm³/mol. The lowest BCUT2D eigenvalue weighted by molar-refractivity contribution is -0.125. The summed E-state index contributed by atoms with van der Waals surface area (Å²) >= 11 is 0. The predicted octanol–water partition coefficient (Wildman–Crippen LogP) is 1.92. The van der Waals surface area contributed by atoms with Gasteiger partial charge in [-0.3, -0.25) is 9.59 Å². The number of fused-ring (bicyclic) bond motifs is 1. The minimum Gasteiger partial charge on any atom is -0.479 e. The standard InChI is InChI=1S/C17H20N2O3/c1-3-9-19-14-10-12(16(20)13-5-4-8-18-13)6-7-15(14)22-11(2)17(19)21/h3,6-7,10-11,13,18H,1,4-5,8-9H2,2H3. The van der Waals surface area contributed by atoms with Crippen LogP contribution < -0.4 is 15.0 Å². The molecule has 2 aliphatic heterocycles. The van der Waals surface area contributed by atoms with E-state index in [0.29, 0.717) is 23.5 Å². The first kappa shape index (κ1) is 14.8. The molecule has 5 heteroatoms. The van der Waals surface area contributed by atoms with Crippen molar-refractivity contribution in [1.82, 2.24) is 5.32 Å². The second-order valence-corrected chi connectivity index (χ2v) is 5.69. The highest BCUT2D eigenvalue weighted by atomic mass is 16.5. The van der Waals surface area contributed by atoms with Crippen LogP contribution in [0.2, 0.25) is 0 Å². The monoisotopic (exact) mass is 300 g/mol. The molecule has 1 N–H and O–H groups in total. The Kier molecular flexibility index (Phi) is 3.98. The molecule has 3 rings (SSSR count). The third-order valence-corrected chi connectivity index (χ3v) is 4.14. The second-order valence-electron chi connectivity index (χ2n) is 5.69. The molecule has 2 atom stereocenters. The van der Waals surface area contributed by atoms with Crippen LogP contribution in [0.15, 0.2) is 30.9 Å². The van der Waals surface area contributed by atoms with Gasteiger partial charge >= 0.3 is 0 Å². The Morgan fingerprint density at radius 2 is 2.36 bits per heavy atom. The first-order valence-corrected chi connectivity index (χ1v) is 7.62. The Hall–Kier alpha value is -2.14.